The number of amides is 2. The van der Waals surface area contributed by atoms with Gasteiger partial charge in [-0.05, 0) is 43.0 Å². The predicted molar refractivity (Wildman–Crippen MR) is 174 cm³/mol. The fraction of sp³-hybridized carbons (Fsp3) is 0.353. The molecule has 1 aromatic carbocycles. The van der Waals surface area contributed by atoms with Crippen LogP contribution in [0.4, 0.5) is 0 Å². The van der Waals surface area contributed by atoms with E-state index in [2.05, 4.69) is 15.0 Å². The Labute approximate surface area is 269 Å². The summed E-state index contributed by atoms with van der Waals surface area (Å²) in [5, 5.41) is 12.7. The molecule has 2 fully saturated rings. The molecule has 2 atom stereocenters. The van der Waals surface area contributed by atoms with Crippen LogP contribution in [0.25, 0.3) is 21.6 Å². The van der Waals surface area contributed by atoms with Gasteiger partial charge in [0.05, 0.1) is 23.7 Å². The van der Waals surface area contributed by atoms with E-state index < -0.39 is 5.60 Å². The van der Waals surface area contributed by atoms with E-state index in [1.165, 1.54) is 22.2 Å². The van der Waals surface area contributed by atoms with Crippen molar-refractivity contribution in [3.05, 3.63) is 100 Å². The fourth-order valence-corrected chi connectivity index (χ4v) is 7.66. The number of hydrogen-bond donors (Lipinski definition) is 1. The molecule has 236 valence electrons. The third-order valence-corrected chi connectivity index (χ3v) is 10.4. The molecule has 4 aromatic heterocycles. The SMILES string of the molecule is Cn1ccc2c(=O)n(CC3(O)CCN(C(=O)[C@@H]4CCN(C(=O)c5cnc(-c6ccncc6)s5)C[C@H]4c4ccccc4)CC3)cnc21. The van der Waals surface area contributed by atoms with Crippen LogP contribution in [-0.2, 0) is 18.4 Å². The average Bonchev–Trinajstić information content (AvgIpc) is 3.74. The van der Waals surface area contributed by atoms with Gasteiger partial charge in [0, 0.05) is 69.2 Å². The van der Waals surface area contributed by atoms with Gasteiger partial charge in [-0.25, -0.2) is 9.97 Å². The first-order valence-electron chi connectivity index (χ1n) is 15.5. The van der Waals surface area contributed by atoms with E-state index in [-0.39, 0.29) is 35.8 Å². The van der Waals surface area contributed by atoms with Crippen molar-refractivity contribution in [2.75, 3.05) is 26.2 Å². The highest BCUT2D eigenvalue weighted by Gasteiger charge is 2.42. The highest BCUT2D eigenvalue weighted by Crippen LogP contribution is 2.37. The number of piperidine rings is 2. The zero-order valence-electron chi connectivity index (χ0n) is 25.5. The normalized spacial score (nSPS) is 19.8. The van der Waals surface area contributed by atoms with Gasteiger partial charge in [-0.2, -0.15) is 0 Å². The second-order valence-corrected chi connectivity index (χ2v) is 13.4. The molecule has 0 aliphatic carbocycles. The molecule has 11 nitrogen and oxygen atoms in total. The van der Waals surface area contributed by atoms with Crippen LogP contribution in [0, 0.1) is 5.92 Å². The van der Waals surface area contributed by atoms with Crippen LogP contribution >= 0.6 is 11.3 Å². The lowest BCUT2D eigenvalue weighted by atomic mass is 9.79. The fourth-order valence-electron chi connectivity index (χ4n) is 6.77. The van der Waals surface area contributed by atoms with E-state index in [0.29, 0.717) is 61.4 Å². The van der Waals surface area contributed by atoms with Crippen molar-refractivity contribution in [1.82, 2.24) is 33.9 Å². The summed E-state index contributed by atoms with van der Waals surface area (Å²) in [6.07, 6.45) is 9.59. The highest BCUT2D eigenvalue weighted by atomic mass is 32.1. The molecule has 0 bridgehead atoms. The van der Waals surface area contributed by atoms with Gasteiger partial charge in [0.15, 0.2) is 0 Å². The molecule has 0 unspecified atom stereocenters. The van der Waals surface area contributed by atoms with Gasteiger partial charge in [-0.3, -0.25) is 23.9 Å². The number of fused-ring (bicyclic) bond motifs is 1. The number of thiazole rings is 1. The number of aliphatic hydroxyl groups is 1. The molecule has 5 aromatic rings. The molecule has 2 saturated heterocycles. The van der Waals surface area contributed by atoms with Crippen LogP contribution in [0.1, 0.15) is 40.4 Å². The van der Waals surface area contributed by atoms with Crippen LogP contribution in [0.5, 0.6) is 0 Å². The van der Waals surface area contributed by atoms with Crippen molar-refractivity contribution in [2.45, 2.75) is 37.3 Å². The van der Waals surface area contributed by atoms with Crippen molar-refractivity contribution >= 4 is 34.2 Å². The number of nitrogens with zero attached hydrogens (tertiary/aromatic N) is 7. The molecule has 0 spiro atoms. The zero-order chi connectivity index (χ0) is 31.8. The maximum Gasteiger partial charge on any atom is 0.265 e. The smallest absolute Gasteiger partial charge is 0.265 e. The summed E-state index contributed by atoms with van der Waals surface area (Å²) in [5.74, 6) is -0.489. The van der Waals surface area contributed by atoms with E-state index >= 15 is 0 Å². The highest BCUT2D eigenvalue weighted by molar-refractivity contribution is 7.16. The quantitative estimate of drug-likeness (QED) is 0.302. The molecule has 2 amide bonds. The van der Waals surface area contributed by atoms with E-state index in [1.807, 2.05) is 59.3 Å². The number of benzene rings is 1. The van der Waals surface area contributed by atoms with Crippen molar-refractivity contribution in [3.63, 3.8) is 0 Å². The van der Waals surface area contributed by atoms with Crippen molar-refractivity contribution in [1.29, 1.82) is 0 Å². The first kappa shape index (κ1) is 30.0. The first-order valence-corrected chi connectivity index (χ1v) is 16.3. The number of aryl methyl sites for hydroxylation is 1. The number of aromatic nitrogens is 5. The topological polar surface area (TPSA) is 126 Å². The average molecular weight is 638 g/mol. The Balaban J connectivity index is 1.04. The van der Waals surface area contributed by atoms with Crippen molar-refractivity contribution in [2.24, 2.45) is 13.0 Å². The lowest BCUT2D eigenvalue weighted by molar-refractivity contribution is -0.142. The number of carbonyl (C=O) groups excluding carboxylic acids is 2. The Bertz CT molecular complexity index is 1930. The zero-order valence-corrected chi connectivity index (χ0v) is 26.3. The van der Waals surface area contributed by atoms with Gasteiger partial charge in [0.2, 0.25) is 5.91 Å². The first-order chi connectivity index (χ1) is 22.3. The Kier molecular flexibility index (Phi) is 7.99. The number of pyridine rings is 1. The van der Waals surface area contributed by atoms with Crippen molar-refractivity contribution < 1.29 is 14.7 Å². The Hall–Kier alpha value is -4.68. The van der Waals surface area contributed by atoms with E-state index in [4.69, 9.17) is 0 Å². The number of rotatable bonds is 6. The second kappa shape index (κ2) is 12.3. The summed E-state index contributed by atoms with van der Waals surface area (Å²) in [7, 11) is 1.84. The van der Waals surface area contributed by atoms with Crippen LogP contribution in [0.2, 0.25) is 0 Å². The summed E-state index contributed by atoms with van der Waals surface area (Å²) >= 11 is 1.36. The Morgan fingerprint density at radius 2 is 1.76 bits per heavy atom. The monoisotopic (exact) mass is 637 g/mol. The molecule has 7 rings (SSSR count). The molecule has 0 saturated carbocycles. The van der Waals surface area contributed by atoms with Crippen LogP contribution in [0.15, 0.2) is 84.4 Å². The molecular weight excluding hydrogens is 602 g/mol. The summed E-state index contributed by atoms with van der Waals surface area (Å²) in [6.45, 7) is 1.81. The summed E-state index contributed by atoms with van der Waals surface area (Å²) in [6, 6.07) is 15.4. The van der Waals surface area contributed by atoms with Gasteiger partial charge in [-0.1, -0.05) is 30.3 Å². The third kappa shape index (κ3) is 5.74. The number of hydrogen-bond acceptors (Lipinski definition) is 8. The summed E-state index contributed by atoms with van der Waals surface area (Å²) in [4.78, 5) is 58.0. The summed E-state index contributed by atoms with van der Waals surface area (Å²) < 4.78 is 3.27. The minimum absolute atomic E-state index is 0.0466. The number of carbonyl (C=O) groups is 2. The molecule has 46 heavy (non-hydrogen) atoms. The molecular formula is C34H35N7O4S. The van der Waals surface area contributed by atoms with Gasteiger partial charge in [-0.15, -0.1) is 11.3 Å². The van der Waals surface area contributed by atoms with E-state index in [1.54, 1.807) is 35.4 Å². The standard InChI is InChI=1S/C34H35N7O4S/c1-38-15-9-26-29(38)37-22-41(32(26)43)21-34(45)11-17-39(18-12-34)31(42)25-10-16-40(20-27(25)23-5-3-2-4-6-23)33(44)28-19-36-30(46-28)24-7-13-35-14-8-24/h2-9,13-15,19,22,25,27,45H,10-12,16-18,20-21H2,1H3/t25-,27+/m1/s1. The van der Waals surface area contributed by atoms with Crippen LogP contribution in [0.3, 0.4) is 0 Å². The molecule has 6 heterocycles. The largest absolute Gasteiger partial charge is 0.388 e. The minimum Gasteiger partial charge on any atom is -0.388 e. The minimum atomic E-state index is -1.12. The maximum absolute atomic E-state index is 14.1. The molecule has 0 radical (unpaired) electrons. The second-order valence-electron chi connectivity index (χ2n) is 12.3. The van der Waals surface area contributed by atoms with Gasteiger partial charge in [0.1, 0.15) is 21.9 Å². The predicted octanol–water partition coefficient (Wildman–Crippen LogP) is 3.55. The molecule has 2 aliphatic rings. The Morgan fingerprint density at radius 3 is 2.52 bits per heavy atom. The van der Waals surface area contributed by atoms with Crippen LogP contribution < -0.4 is 5.56 Å². The third-order valence-electron chi connectivity index (χ3n) is 9.41. The van der Waals surface area contributed by atoms with E-state index in [9.17, 15) is 19.5 Å². The van der Waals surface area contributed by atoms with Crippen molar-refractivity contribution in [3.8, 4) is 10.6 Å². The lowest BCUT2D eigenvalue weighted by Crippen LogP contribution is -2.53. The Morgan fingerprint density at radius 1 is 1.00 bits per heavy atom. The molecule has 2 aliphatic heterocycles. The van der Waals surface area contributed by atoms with E-state index in [0.717, 1.165) is 16.1 Å². The number of likely N-dealkylation sites (tertiary alicyclic amines) is 2. The van der Waals surface area contributed by atoms with Gasteiger partial charge >= 0.3 is 0 Å². The van der Waals surface area contributed by atoms with Gasteiger partial charge in [0.25, 0.3) is 11.5 Å². The lowest BCUT2D eigenvalue weighted by Gasteiger charge is -2.43. The van der Waals surface area contributed by atoms with Crippen LogP contribution in [-0.4, -0.2) is 82.6 Å². The summed E-state index contributed by atoms with van der Waals surface area (Å²) in [5.41, 5.74) is 1.24. The molecule has 1 N–H and O–H groups in total. The van der Waals surface area contributed by atoms with Gasteiger partial charge < -0.3 is 19.5 Å². The maximum atomic E-state index is 14.1. The molecule has 12 heteroatoms.